The van der Waals surface area contributed by atoms with Gasteiger partial charge in [-0.15, -0.1) is 0 Å². The van der Waals surface area contributed by atoms with Gasteiger partial charge in [0.25, 0.3) is 0 Å². The average Bonchev–Trinajstić information content (AvgIpc) is 2.74. The molecule has 0 aromatic carbocycles. The van der Waals surface area contributed by atoms with Gasteiger partial charge in [0.05, 0.1) is 0 Å². The molecule has 0 amide bonds. The lowest BCUT2D eigenvalue weighted by molar-refractivity contribution is 0.519. The minimum atomic E-state index is 0.920. The molecule has 0 saturated heterocycles. The summed E-state index contributed by atoms with van der Waals surface area (Å²) < 4.78 is 0. The first kappa shape index (κ1) is 12.9. The van der Waals surface area contributed by atoms with Crippen LogP contribution in [0.3, 0.4) is 0 Å². The average molecular weight is 232 g/mol. The number of hydrogen-bond donors (Lipinski definition) is 0. The summed E-state index contributed by atoms with van der Waals surface area (Å²) in [6, 6.07) is 0. The minimum absolute atomic E-state index is 0.920. The zero-order valence-corrected chi connectivity index (χ0v) is 11.5. The third kappa shape index (κ3) is 3.72. The zero-order valence-electron chi connectivity index (χ0n) is 11.5. The molecule has 2 aliphatic rings. The van der Waals surface area contributed by atoms with E-state index in [1.807, 2.05) is 0 Å². The van der Waals surface area contributed by atoms with E-state index in [-0.39, 0.29) is 0 Å². The van der Waals surface area contributed by atoms with Crippen molar-refractivity contribution in [3.63, 3.8) is 0 Å². The molecule has 2 unspecified atom stereocenters. The fraction of sp³-hybridized carbons (Fsp3) is 0.765. The first-order valence-electron chi connectivity index (χ1n) is 7.78. The van der Waals surface area contributed by atoms with E-state index in [4.69, 9.17) is 0 Å². The van der Waals surface area contributed by atoms with E-state index in [2.05, 4.69) is 25.2 Å². The molecule has 0 spiro atoms. The molecule has 0 nitrogen and oxygen atoms in total. The van der Waals surface area contributed by atoms with Crippen molar-refractivity contribution >= 4 is 0 Å². The van der Waals surface area contributed by atoms with E-state index < -0.39 is 0 Å². The molecule has 2 rings (SSSR count). The van der Waals surface area contributed by atoms with Crippen molar-refractivity contribution in [2.75, 3.05) is 0 Å². The molecular weight excluding hydrogens is 204 g/mol. The van der Waals surface area contributed by atoms with Crippen LogP contribution in [0.25, 0.3) is 0 Å². The van der Waals surface area contributed by atoms with E-state index >= 15 is 0 Å². The van der Waals surface area contributed by atoms with Crippen molar-refractivity contribution in [2.24, 2.45) is 11.8 Å². The Labute approximate surface area is 107 Å². The van der Waals surface area contributed by atoms with Gasteiger partial charge in [-0.25, -0.2) is 0 Å². The van der Waals surface area contributed by atoms with Gasteiger partial charge in [0.2, 0.25) is 0 Å². The number of allylic oxidation sites excluding steroid dienone is 4. The highest BCUT2D eigenvalue weighted by Crippen LogP contribution is 2.42. The molecule has 0 aromatic rings. The molecule has 2 aliphatic carbocycles. The van der Waals surface area contributed by atoms with Crippen molar-refractivity contribution in [1.82, 2.24) is 0 Å². The number of rotatable bonds is 3. The smallest absolute Gasteiger partial charge is 0.0197 e. The van der Waals surface area contributed by atoms with Crippen molar-refractivity contribution in [2.45, 2.75) is 71.1 Å². The van der Waals surface area contributed by atoms with Crippen LogP contribution < -0.4 is 0 Å². The molecule has 0 radical (unpaired) electrons. The molecule has 1 saturated carbocycles. The highest BCUT2D eigenvalue weighted by molar-refractivity contribution is 5.21. The Balaban J connectivity index is 2.02. The third-order valence-corrected chi connectivity index (χ3v) is 4.56. The number of unbranched alkanes of at least 4 members (excludes halogenated alkanes) is 1. The van der Waals surface area contributed by atoms with Gasteiger partial charge < -0.3 is 0 Å². The van der Waals surface area contributed by atoms with Crippen LogP contribution in [0.15, 0.2) is 23.8 Å². The summed E-state index contributed by atoms with van der Waals surface area (Å²) in [5.41, 5.74) is 1.80. The molecular formula is C17H28. The van der Waals surface area contributed by atoms with Crippen LogP contribution in [0.1, 0.15) is 71.1 Å². The summed E-state index contributed by atoms with van der Waals surface area (Å²) in [6.07, 6.45) is 21.4. The first-order chi connectivity index (χ1) is 8.42. The van der Waals surface area contributed by atoms with Gasteiger partial charge in [0.1, 0.15) is 0 Å². The molecule has 0 heteroatoms. The maximum absolute atomic E-state index is 2.48. The van der Waals surface area contributed by atoms with Gasteiger partial charge in [-0.3, -0.25) is 0 Å². The second kappa shape index (κ2) is 7.03. The summed E-state index contributed by atoms with van der Waals surface area (Å²) in [7, 11) is 0. The van der Waals surface area contributed by atoms with E-state index in [0.29, 0.717) is 0 Å². The van der Waals surface area contributed by atoms with E-state index in [1.165, 1.54) is 64.2 Å². The Hall–Kier alpha value is -0.520. The quantitative estimate of drug-likeness (QED) is 0.590. The van der Waals surface area contributed by atoms with Crippen molar-refractivity contribution in [1.29, 1.82) is 0 Å². The lowest BCUT2D eigenvalue weighted by Gasteiger charge is -2.17. The molecule has 17 heavy (non-hydrogen) atoms. The zero-order chi connectivity index (χ0) is 11.9. The maximum atomic E-state index is 2.48. The molecule has 2 atom stereocenters. The van der Waals surface area contributed by atoms with Gasteiger partial charge in [-0.05, 0) is 50.4 Å². The van der Waals surface area contributed by atoms with Crippen LogP contribution >= 0.6 is 0 Å². The summed E-state index contributed by atoms with van der Waals surface area (Å²) in [5.74, 6) is 1.85. The Kier molecular flexibility index (Phi) is 5.35. The van der Waals surface area contributed by atoms with Crippen LogP contribution in [0.2, 0.25) is 0 Å². The largest absolute Gasteiger partial charge is 0.0845 e. The fourth-order valence-corrected chi connectivity index (χ4v) is 3.52. The Morgan fingerprint density at radius 1 is 1.12 bits per heavy atom. The lowest BCUT2D eigenvalue weighted by Crippen LogP contribution is -2.03. The van der Waals surface area contributed by atoms with Gasteiger partial charge in [0, 0.05) is 0 Å². The molecule has 96 valence electrons. The summed E-state index contributed by atoms with van der Waals surface area (Å²) >= 11 is 0. The predicted molar refractivity (Wildman–Crippen MR) is 76.0 cm³/mol. The van der Waals surface area contributed by atoms with Crippen LogP contribution in [-0.2, 0) is 0 Å². The molecule has 0 N–H and O–H groups in total. The Morgan fingerprint density at radius 3 is 2.94 bits per heavy atom. The topological polar surface area (TPSA) is 0 Å². The van der Waals surface area contributed by atoms with E-state index in [9.17, 15) is 0 Å². The van der Waals surface area contributed by atoms with Crippen LogP contribution in [-0.4, -0.2) is 0 Å². The lowest BCUT2D eigenvalue weighted by atomic mass is 9.88. The molecule has 1 fully saturated rings. The normalized spacial score (nSPS) is 34.8. The predicted octanol–water partition coefficient (Wildman–Crippen LogP) is 5.65. The number of fused-ring (bicyclic) bond motifs is 1. The SMILES string of the molecule is CCCCC1CCC2CCCCC/C=C/C=C/12. The highest BCUT2D eigenvalue weighted by atomic mass is 14.3. The first-order valence-corrected chi connectivity index (χ1v) is 7.78. The molecule has 0 aliphatic heterocycles. The third-order valence-electron chi connectivity index (χ3n) is 4.56. The van der Waals surface area contributed by atoms with Gasteiger partial charge >= 0.3 is 0 Å². The molecule has 0 heterocycles. The van der Waals surface area contributed by atoms with Gasteiger partial charge in [-0.1, -0.05) is 56.4 Å². The van der Waals surface area contributed by atoms with Crippen molar-refractivity contribution in [3.05, 3.63) is 23.8 Å². The fourth-order valence-electron chi connectivity index (χ4n) is 3.52. The van der Waals surface area contributed by atoms with Crippen LogP contribution in [0, 0.1) is 11.8 Å². The van der Waals surface area contributed by atoms with Crippen molar-refractivity contribution in [3.8, 4) is 0 Å². The molecule has 0 bridgehead atoms. The summed E-state index contributed by atoms with van der Waals surface area (Å²) in [4.78, 5) is 0. The highest BCUT2D eigenvalue weighted by Gasteiger charge is 2.28. The van der Waals surface area contributed by atoms with Crippen LogP contribution in [0.4, 0.5) is 0 Å². The van der Waals surface area contributed by atoms with Gasteiger partial charge in [0.15, 0.2) is 0 Å². The summed E-state index contributed by atoms with van der Waals surface area (Å²) in [6.45, 7) is 2.31. The minimum Gasteiger partial charge on any atom is -0.0845 e. The Bertz CT molecular complexity index is 272. The summed E-state index contributed by atoms with van der Waals surface area (Å²) in [5, 5.41) is 0. The van der Waals surface area contributed by atoms with Crippen LogP contribution in [0.5, 0.6) is 0 Å². The maximum Gasteiger partial charge on any atom is -0.0197 e. The van der Waals surface area contributed by atoms with Gasteiger partial charge in [-0.2, -0.15) is 0 Å². The second-order valence-electron chi connectivity index (χ2n) is 5.85. The second-order valence-corrected chi connectivity index (χ2v) is 5.85. The Morgan fingerprint density at radius 2 is 2.06 bits per heavy atom. The number of hydrogen-bond acceptors (Lipinski definition) is 0. The van der Waals surface area contributed by atoms with Crippen molar-refractivity contribution < 1.29 is 0 Å². The standard InChI is InChI=1S/C17H28/c1-2-3-10-15-13-14-16-11-8-6-4-5-7-9-12-17(15)16/h7,9,12,15-16H,2-6,8,10-11,13-14H2,1H3/b9-7+,17-12-. The molecule has 0 aromatic heterocycles. The monoisotopic (exact) mass is 232 g/mol. The van der Waals surface area contributed by atoms with E-state index in [1.54, 1.807) is 5.57 Å². The van der Waals surface area contributed by atoms with E-state index in [0.717, 1.165) is 11.8 Å².